The number of aryl methyl sites for hydroxylation is 1. The Hall–Kier alpha value is -1.10. The van der Waals surface area contributed by atoms with Crippen LogP contribution in [0.4, 0.5) is 0 Å². The fourth-order valence-corrected chi connectivity index (χ4v) is 0.891. The van der Waals surface area contributed by atoms with Crippen LogP contribution >= 0.6 is 11.6 Å². The molecule has 0 amide bonds. The van der Waals surface area contributed by atoms with Gasteiger partial charge in [-0.25, -0.2) is 0 Å². The summed E-state index contributed by atoms with van der Waals surface area (Å²) in [5.74, 6) is -0.530. The fourth-order valence-electron chi connectivity index (χ4n) is 0.702. The van der Waals surface area contributed by atoms with Crippen LogP contribution in [0.1, 0.15) is 11.1 Å². The van der Waals surface area contributed by atoms with Gasteiger partial charge in [-0.2, -0.15) is 15.0 Å². The summed E-state index contributed by atoms with van der Waals surface area (Å²) < 4.78 is 4.43. The number of carbonyl (C=O) groups excluding carboxylic acids is 1. The second kappa shape index (κ2) is 3.53. The zero-order valence-corrected chi connectivity index (χ0v) is 7.45. The number of hydrogen-bond acceptors (Lipinski definition) is 4. The molecule has 12 heavy (non-hydrogen) atoms. The van der Waals surface area contributed by atoms with Crippen molar-refractivity contribution in [1.82, 2.24) is 15.0 Å². The van der Waals surface area contributed by atoms with Gasteiger partial charge in [0.15, 0.2) is 5.38 Å². The first kappa shape index (κ1) is 8.99. The van der Waals surface area contributed by atoms with Gasteiger partial charge in [0.05, 0.1) is 13.3 Å². The number of hydrogen-bond donors (Lipinski definition) is 0. The van der Waals surface area contributed by atoms with Crippen molar-refractivity contribution in [1.29, 1.82) is 0 Å². The SMILES string of the molecule is COC(=O)C(Cl)c1cnn(C)n1. The molecule has 0 N–H and O–H groups in total. The summed E-state index contributed by atoms with van der Waals surface area (Å²) in [7, 11) is 2.92. The largest absolute Gasteiger partial charge is 0.468 e. The van der Waals surface area contributed by atoms with Crippen molar-refractivity contribution in [2.75, 3.05) is 7.11 Å². The van der Waals surface area contributed by atoms with Gasteiger partial charge in [-0.05, 0) is 0 Å². The van der Waals surface area contributed by atoms with Crippen LogP contribution < -0.4 is 0 Å². The maximum Gasteiger partial charge on any atom is 0.330 e. The van der Waals surface area contributed by atoms with E-state index in [4.69, 9.17) is 11.6 Å². The number of carbonyl (C=O) groups is 1. The molecule has 0 aliphatic rings. The molecule has 0 aromatic carbocycles. The number of rotatable bonds is 2. The Bertz CT molecular complexity index is 286. The number of methoxy groups -OCH3 is 1. The van der Waals surface area contributed by atoms with Gasteiger partial charge in [0.25, 0.3) is 0 Å². The van der Waals surface area contributed by atoms with Gasteiger partial charge in [-0.15, -0.1) is 11.6 Å². The van der Waals surface area contributed by atoms with Crippen LogP contribution in [0.15, 0.2) is 6.20 Å². The molecule has 1 heterocycles. The highest BCUT2D eigenvalue weighted by Crippen LogP contribution is 2.17. The van der Waals surface area contributed by atoms with Crippen LogP contribution in [0.5, 0.6) is 0 Å². The molecule has 5 nitrogen and oxygen atoms in total. The highest BCUT2D eigenvalue weighted by Gasteiger charge is 2.20. The predicted molar refractivity (Wildman–Crippen MR) is 41.6 cm³/mol. The van der Waals surface area contributed by atoms with Crippen LogP contribution in [-0.2, 0) is 16.6 Å². The molecule has 0 spiro atoms. The number of esters is 1. The van der Waals surface area contributed by atoms with Crippen molar-refractivity contribution >= 4 is 17.6 Å². The van der Waals surface area contributed by atoms with E-state index in [1.54, 1.807) is 7.05 Å². The van der Waals surface area contributed by atoms with Gasteiger partial charge in [-0.1, -0.05) is 0 Å². The first-order chi connectivity index (χ1) is 5.65. The van der Waals surface area contributed by atoms with Gasteiger partial charge in [0.2, 0.25) is 0 Å². The monoisotopic (exact) mass is 189 g/mol. The Morgan fingerprint density at radius 1 is 1.83 bits per heavy atom. The molecule has 0 aliphatic heterocycles. The summed E-state index contributed by atoms with van der Waals surface area (Å²) >= 11 is 5.68. The van der Waals surface area contributed by atoms with Gasteiger partial charge in [0.1, 0.15) is 5.69 Å². The molecule has 1 unspecified atom stereocenters. The molecular formula is C6H8ClN3O2. The second-order valence-corrected chi connectivity index (χ2v) is 2.58. The van der Waals surface area contributed by atoms with Gasteiger partial charge < -0.3 is 4.74 Å². The fraction of sp³-hybridized carbons (Fsp3) is 0.500. The maximum absolute atomic E-state index is 10.9. The highest BCUT2D eigenvalue weighted by atomic mass is 35.5. The van der Waals surface area contributed by atoms with Gasteiger partial charge in [-0.3, -0.25) is 4.79 Å². The third-order valence-electron chi connectivity index (χ3n) is 1.29. The van der Waals surface area contributed by atoms with E-state index in [1.165, 1.54) is 18.1 Å². The lowest BCUT2D eigenvalue weighted by molar-refractivity contribution is -0.140. The Kier molecular flexibility index (Phi) is 2.65. The Balaban J connectivity index is 2.77. The minimum Gasteiger partial charge on any atom is -0.468 e. The van der Waals surface area contributed by atoms with Crippen LogP contribution in [-0.4, -0.2) is 28.1 Å². The minimum absolute atomic E-state index is 0.394. The summed E-state index contributed by atoms with van der Waals surface area (Å²) in [5, 5.41) is 6.75. The van der Waals surface area contributed by atoms with Crippen molar-refractivity contribution < 1.29 is 9.53 Å². The number of halogens is 1. The molecule has 6 heteroatoms. The van der Waals surface area contributed by atoms with E-state index in [0.29, 0.717) is 5.69 Å². The van der Waals surface area contributed by atoms with Crippen LogP contribution in [0, 0.1) is 0 Å². The molecule has 1 aromatic rings. The minimum atomic E-state index is -0.872. The van der Waals surface area contributed by atoms with E-state index in [1.807, 2.05) is 0 Å². The maximum atomic E-state index is 10.9. The van der Waals surface area contributed by atoms with E-state index >= 15 is 0 Å². The predicted octanol–water partition coefficient (Wildman–Crippen LogP) is 0.268. The van der Waals surface area contributed by atoms with E-state index < -0.39 is 11.3 Å². The topological polar surface area (TPSA) is 57.0 Å². The lowest BCUT2D eigenvalue weighted by Crippen LogP contribution is -2.09. The Labute approximate surface area is 74.3 Å². The van der Waals surface area contributed by atoms with Crippen LogP contribution in [0.3, 0.4) is 0 Å². The number of nitrogens with zero attached hydrogens (tertiary/aromatic N) is 3. The summed E-state index contributed by atoms with van der Waals surface area (Å²) in [6.45, 7) is 0. The molecule has 1 atom stereocenters. The number of alkyl halides is 1. The first-order valence-electron chi connectivity index (χ1n) is 3.23. The van der Waals surface area contributed by atoms with Gasteiger partial charge >= 0.3 is 5.97 Å². The molecule has 66 valence electrons. The molecule has 0 saturated heterocycles. The van der Waals surface area contributed by atoms with E-state index in [0.717, 1.165) is 0 Å². The summed E-state index contributed by atoms with van der Waals surface area (Å²) in [6.07, 6.45) is 1.43. The molecule has 1 rings (SSSR count). The van der Waals surface area contributed by atoms with Crippen molar-refractivity contribution in [2.24, 2.45) is 7.05 Å². The molecule has 1 aromatic heterocycles. The van der Waals surface area contributed by atoms with E-state index in [2.05, 4.69) is 14.9 Å². The van der Waals surface area contributed by atoms with Crippen molar-refractivity contribution in [3.05, 3.63) is 11.9 Å². The first-order valence-corrected chi connectivity index (χ1v) is 3.67. The zero-order chi connectivity index (χ0) is 9.14. The molecule has 0 bridgehead atoms. The Morgan fingerprint density at radius 3 is 2.92 bits per heavy atom. The Morgan fingerprint density at radius 2 is 2.50 bits per heavy atom. The lowest BCUT2D eigenvalue weighted by atomic mass is 10.3. The zero-order valence-electron chi connectivity index (χ0n) is 6.69. The smallest absolute Gasteiger partial charge is 0.330 e. The van der Waals surface area contributed by atoms with E-state index in [9.17, 15) is 4.79 Å². The highest BCUT2D eigenvalue weighted by molar-refractivity contribution is 6.29. The average molecular weight is 190 g/mol. The van der Waals surface area contributed by atoms with Crippen molar-refractivity contribution in [3.8, 4) is 0 Å². The van der Waals surface area contributed by atoms with Crippen molar-refractivity contribution in [2.45, 2.75) is 5.38 Å². The third kappa shape index (κ3) is 1.73. The van der Waals surface area contributed by atoms with Gasteiger partial charge in [0, 0.05) is 7.05 Å². The normalized spacial score (nSPS) is 12.6. The quantitative estimate of drug-likeness (QED) is 0.495. The molecule has 0 aliphatic carbocycles. The van der Waals surface area contributed by atoms with Crippen LogP contribution in [0.2, 0.25) is 0 Å². The summed E-state index contributed by atoms with van der Waals surface area (Å²) in [4.78, 5) is 12.2. The van der Waals surface area contributed by atoms with Crippen LogP contribution in [0.25, 0.3) is 0 Å². The lowest BCUT2D eigenvalue weighted by Gasteiger charge is -2.01. The van der Waals surface area contributed by atoms with E-state index in [-0.39, 0.29) is 0 Å². The summed E-state index contributed by atoms with van der Waals surface area (Å²) in [6, 6.07) is 0. The molecule has 0 radical (unpaired) electrons. The average Bonchev–Trinajstić information content (AvgIpc) is 2.49. The molecule has 0 fully saturated rings. The number of ether oxygens (including phenoxy) is 1. The summed E-state index contributed by atoms with van der Waals surface area (Å²) in [5.41, 5.74) is 0.394. The molecule has 0 saturated carbocycles. The molecular weight excluding hydrogens is 182 g/mol. The van der Waals surface area contributed by atoms with Crippen molar-refractivity contribution in [3.63, 3.8) is 0 Å². The third-order valence-corrected chi connectivity index (χ3v) is 1.69. The number of aromatic nitrogens is 3. The standard InChI is InChI=1S/C6H8ClN3O2/c1-10-8-3-4(9-10)5(7)6(11)12-2/h3,5H,1-2H3. The second-order valence-electron chi connectivity index (χ2n) is 2.14.